The van der Waals surface area contributed by atoms with E-state index in [0.717, 1.165) is 11.1 Å². The van der Waals surface area contributed by atoms with E-state index in [1.807, 2.05) is 47.6 Å². The predicted octanol–water partition coefficient (Wildman–Crippen LogP) is 4.10. The number of allylic oxidation sites excluding steroid dienone is 3. The maximum absolute atomic E-state index is 12.6. The third-order valence-corrected chi connectivity index (χ3v) is 5.25. The quantitative estimate of drug-likeness (QED) is 0.456. The molecule has 0 atom stereocenters. The number of esters is 1. The fraction of sp³-hybridized carbons (Fsp3) is 0.192. The van der Waals surface area contributed by atoms with Gasteiger partial charge in [0.05, 0.1) is 33.0 Å². The number of methoxy groups -OCH3 is 3. The van der Waals surface area contributed by atoms with Crippen LogP contribution in [-0.2, 0) is 16.1 Å². The summed E-state index contributed by atoms with van der Waals surface area (Å²) in [6.45, 7) is 0.600. The molecule has 0 saturated heterocycles. The lowest BCUT2D eigenvalue weighted by Crippen LogP contribution is -2.15. The Hall–Kier alpha value is -4.51. The molecule has 0 spiro atoms. The first-order valence-electron chi connectivity index (χ1n) is 10.5. The number of hydrogen-bond donors (Lipinski definition) is 0. The molecule has 172 valence electrons. The van der Waals surface area contributed by atoms with E-state index >= 15 is 0 Å². The van der Waals surface area contributed by atoms with Gasteiger partial charge in [-0.2, -0.15) is 5.26 Å². The molecule has 8 nitrogen and oxygen atoms in total. The van der Waals surface area contributed by atoms with Crippen molar-refractivity contribution in [3.8, 4) is 23.3 Å². The average Bonchev–Trinajstić information content (AvgIpc) is 3.23. The van der Waals surface area contributed by atoms with Gasteiger partial charge in [-0.15, -0.1) is 0 Å². The van der Waals surface area contributed by atoms with Crippen LogP contribution in [0.2, 0.25) is 0 Å². The summed E-state index contributed by atoms with van der Waals surface area (Å²) in [6, 6.07) is 15.5. The van der Waals surface area contributed by atoms with Gasteiger partial charge in [-0.3, -0.25) is 0 Å². The first-order valence-corrected chi connectivity index (χ1v) is 10.5. The van der Waals surface area contributed by atoms with Crippen LogP contribution in [0.5, 0.6) is 17.2 Å². The van der Waals surface area contributed by atoms with E-state index in [2.05, 4.69) is 11.1 Å². The van der Waals surface area contributed by atoms with Crippen LogP contribution in [0, 0.1) is 11.3 Å². The van der Waals surface area contributed by atoms with Crippen molar-refractivity contribution in [1.29, 1.82) is 5.26 Å². The summed E-state index contributed by atoms with van der Waals surface area (Å²) in [5.41, 5.74) is 3.12. The van der Waals surface area contributed by atoms with Crippen LogP contribution in [0.25, 0.3) is 0 Å². The van der Waals surface area contributed by atoms with Gasteiger partial charge in [0.25, 0.3) is 0 Å². The van der Waals surface area contributed by atoms with Crippen molar-refractivity contribution in [2.45, 2.75) is 13.0 Å². The zero-order valence-electron chi connectivity index (χ0n) is 19.1. The Morgan fingerprint density at radius 3 is 2.41 bits per heavy atom. The van der Waals surface area contributed by atoms with E-state index < -0.39 is 5.97 Å². The van der Waals surface area contributed by atoms with Crippen molar-refractivity contribution in [2.75, 3.05) is 21.3 Å². The van der Waals surface area contributed by atoms with Gasteiger partial charge in [-0.05, 0) is 29.3 Å². The number of hydrogen-bond acceptors (Lipinski definition) is 8. The van der Waals surface area contributed by atoms with E-state index in [1.54, 1.807) is 18.2 Å². The third kappa shape index (κ3) is 4.79. The van der Waals surface area contributed by atoms with Gasteiger partial charge < -0.3 is 23.8 Å². The van der Waals surface area contributed by atoms with Crippen LogP contribution in [-0.4, -0.2) is 38.1 Å². The second-order valence-corrected chi connectivity index (χ2v) is 7.55. The fourth-order valence-corrected chi connectivity index (χ4v) is 3.72. The van der Waals surface area contributed by atoms with E-state index in [0.29, 0.717) is 41.4 Å². The van der Waals surface area contributed by atoms with Gasteiger partial charge in [0, 0.05) is 30.9 Å². The molecule has 2 aromatic rings. The van der Waals surface area contributed by atoms with E-state index in [1.165, 1.54) is 21.3 Å². The summed E-state index contributed by atoms with van der Waals surface area (Å²) in [5, 5.41) is 9.49. The first kappa shape index (κ1) is 22.7. The molecule has 0 unspecified atom stereocenters. The van der Waals surface area contributed by atoms with Crippen LogP contribution in [0.3, 0.4) is 0 Å². The Bertz CT molecular complexity index is 1240. The van der Waals surface area contributed by atoms with Crippen molar-refractivity contribution < 1.29 is 23.7 Å². The SMILES string of the molecule is COc1cc(C2=N/C(=C/C3=CN(Cc4ccccc4)C=C(C#N)C3)C(=O)O2)cc(OC)c1OC. The lowest BCUT2D eigenvalue weighted by molar-refractivity contribution is -0.130. The number of ether oxygens (including phenoxy) is 4. The Kier molecular flexibility index (Phi) is 6.64. The largest absolute Gasteiger partial charge is 0.493 e. The summed E-state index contributed by atoms with van der Waals surface area (Å²) in [4.78, 5) is 18.9. The molecule has 2 aliphatic heterocycles. The van der Waals surface area contributed by atoms with E-state index in [-0.39, 0.29) is 11.6 Å². The molecular formula is C26H23N3O5. The van der Waals surface area contributed by atoms with E-state index in [4.69, 9.17) is 18.9 Å². The minimum absolute atomic E-state index is 0.129. The molecule has 0 saturated carbocycles. The summed E-state index contributed by atoms with van der Waals surface area (Å²) in [5.74, 6) is 0.819. The maximum Gasteiger partial charge on any atom is 0.363 e. The lowest BCUT2D eigenvalue weighted by atomic mass is 10.0. The van der Waals surface area contributed by atoms with Gasteiger partial charge in [0.2, 0.25) is 11.6 Å². The van der Waals surface area contributed by atoms with Crippen LogP contribution in [0.4, 0.5) is 0 Å². The Labute approximate surface area is 197 Å². The van der Waals surface area contributed by atoms with Gasteiger partial charge >= 0.3 is 5.97 Å². The highest BCUT2D eigenvalue weighted by molar-refractivity contribution is 6.11. The van der Waals surface area contributed by atoms with Crippen molar-refractivity contribution in [3.63, 3.8) is 0 Å². The lowest BCUT2D eigenvalue weighted by Gasteiger charge is -2.22. The molecular weight excluding hydrogens is 434 g/mol. The number of carbonyl (C=O) groups is 1. The molecule has 8 heteroatoms. The molecule has 0 amide bonds. The third-order valence-electron chi connectivity index (χ3n) is 5.25. The van der Waals surface area contributed by atoms with Gasteiger partial charge in [-0.1, -0.05) is 30.3 Å². The second-order valence-electron chi connectivity index (χ2n) is 7.55. The number of nitriles is 1. The molecule has 0 aromatic heterocycles. The predicted molar refractivity (Wildman–Crippen MR) is 125 cm³/mol. The minimum Gasteiger partial charge on any atom is -0.493 e. The summed E-state index contributed by atoms with van der Waals surface area (Å²) < 4.78 is 21.5. The number of aliphatic imine (C=N–C) groups is 1. The van der Waals surface area contributed by atoms with Gasteiger partial charge in [-0.25, -0.2) is 9.79 Å². The second kappa shape index (κ2) is 9.96. The van der Waals surface area contributed by atoms with Crippen molar-refractivity contribution in [1.82, 2.24) is 4.90 Å². The molecule has 4 rings (SSSR count). The normalized spacial score (nSPS) is 16.3. The van der Waals surface area contributed by atoms with Gasteiger partial charge in [0.15, 0.2) is 17.2 Å². The molecule has 2 heterocycles. The summed E-state index contributed by atoms with van der Waals surface area (Å²) in [6.07, 6.45) is 5.76. The van der Waals surface area contributed by atoms with Gasteiger partial charge in [0.1, 0.15) is 0 Å². The molecule has 34 heavy (non-hydrogen) atoms. The zero-order chi connectivity index (χ0) is 24.1. The number of nitrogens with zero attached hydrogens (tertiary/aromatic N) is 3. The molecule has 2 aliphatic rings. The number of benzene rings is 2. The minimum atomic E-state index is -0.577. The smallest absolute Gasteiger partial charge is 0.363 e. The number of rotatable bonds is 7. The summed E-state index contributed by atoms with van der Waals surface area (Å²) >= 11 is 0. The molecule has 0 bridgehead atoms. The Balaban J connectivity index is 1.64. The first-order chi connectivity index (χ1) is 16.5. The Morgan fingerprint density at radius 1 is 1.09 bits per heavy atom. The molecule has 0 N–H and O–H groups in total. The van der Waals surface area contributed by atoms with Crippen LogP contribution in [0.15, 0.2) is 82.8 Å². The highest BCUT2D eigenvalue weighted by atomic mass is 16.6. The molecule has 0 aliphatic carbocycles. The monoisotopic (exact) mass is 457 g/mol. The summed E-state index contributed by atoms with van der Waals surface area (Å²) in [7, 11) is 4.52. The van der Waals surface area contributed by atoms with Crippen molar-refractivity contribution in [3.05, 3.63) is 88.9 Å². The zero-order valence-corrected chi connectivity index (χ0v) is 19.1. The standard InChI is InChI=1S/C26H23N3O5/c1-31-22-11-20(12-23(32-2)24(22)33-3)25-28-21(26(30)34-25)10-18-9-19(13-27)16-29(15-18)14-17-7-5-4-6-8-17/h4-8,10-12,15-16H,9,14H2,1-3H3/b21-10+. The van der Waals surface area contributed by atoms with Crippen LogP contribution >= 0.6 is 0 Å². The Morgan fingerprint density at radius 2 is 1.79 bits per heavy atom. The topological polar surface area (TPSA) is 93.4 Å². The highest BCUT2D eigenvalue weighted by Crippen LogP contribution is 2.39. The maximum atomic E-state index is 12.6. The molecule has 0 radical (unpaired) electrons. The van der Waals surface area contributed by atoms with Crippen LogP contribution < -0.4 is 14.2 Å². The number of carbonyl (C=O) groups excluding carboxylic acids is 1. The van der Waals surface area contributed by atoms with Crippen LogP contribution in [0.1, 0.15) is 17.5 Å². The van der Waals surface area contributed by atoms with Crippen molar-refractivity contribution in [2.24, 2.45) is 4.99 Å². The van der Waals surface area contributed by atoms with E-state index in [9.17, 15) is 10.1 Å². The molecule has 2 aromatic carbocycles. The fourth-order valence-electron chi connectivity index (χ4n) is 3.72. The molecule has 0 fully saturated rings. The highest BCUT2D eigenvalue weighted by Gasteiger charge is 2.27. The van der Waals surface area contributed by atoms with Crippen molar-refractivity contribution >= 4 is 11.9 Å². The average molecular weight is 457 g/mol. The number of cyclic esters (lactones) is 1.